The number of rotatable bonds is 3. The minimum absolute atomic E-state index is 0.0809. The molecular weight excluding hydrogens is 352 g/mol. The largest absolute Gasteiger partial charge is 0.292 e. The summed E-state index contributed by atoms with van der Waals surface area (Å²) in [6, 6.07) is 28.1. The molecule has 0 aliphatic heterocycles. The van der Waals surface area contributed by atoms with Crippen LogP contribution in [0.25, 0.3) is 12.2 Å². The van der Waals surface area contributed by atoms with Gasteiger partial charge in [0.05, 0.1) is 11.0 Å². The van der Waals surface area contributed by atoms with Crippen molar-refractivity contribution in [2.45, 2.75) is 18.8 Å². The van der Waals surface area contributed by atoms with Crippen LogP contribution in [0.15, 0.2) is 96.6 Å². The fraction of sp³-hybridized carbons (Fsp3) is 0.107. The molecule has 3 aromatic rings. The highest BCUT2D eigenvalue weighted by Crippen LogP contribution is 2.39. The number of Topliss-reactive ketones (excluding diaryl/α,β-unsaturated/α-hetero) is 1. The Morgan fingerprint density at radius 2 is 1.48 bits per heavy atom. The molecule has 1 atom stereocenters. The van der Waals surface area contributed by atoms with Crippen LogP contribution >= 0.6 is 0 Å². The second-order valence-corrected chi connectivity index (χ2v) is 7.44. The first-order valence-corrected chi connectivity index (χ1v) is 9.81. The molecule has 1 aliphatic carbocycles. The van der Waals surface area contributed by atoms with Crippen molar-refractivity contribution in [3.05, 3.63) is 119 Å². The molecule has 4 rings (SSSR count). The van der Waals surface area contributed by atoms with E-state index in [2.05, 4.69) is 48.3 Å². The number of ketones is 1. The molecule has 0 fully saturated rings. The van der Waals surface area contributed by atoms with Gasteiger partial charge in [0.15, 0.2) is 5.78 Å². The lowest BCUT2D eigenvalue weighted by atomic mass is 9.68. The summed E-state index contributed by atoms with van der Waals surface area (Å²) < 4.78 is 0. The summed E-state index contributed by atoms with van der Waals surface area (Å²) in [5.74, 6) is 6.35. The van der Waals surface area contributed by atoms with Crippen LogP contribution in [0.5, 0.6) is 0 Å². The molecule has 0 N–H and O–H groups in total. The Hall–Kier alpha value is -3.63. The first kappa shape index (κ1) is 18.7. The molecule has 3 aromatic carbocycles. The van der Waals surface area contributed by atoms with Gasteiger partial charge in [-0.15, -0.1) is 0 Å². The van der Waals surface area contributed by atoms with Crippen molar-refractivity contribution >= 4 is 17.9 Å². The lowest BCUT2D eigenvalue weighted by molar-refractivity contribution is -0.119. The van der Waals surface area contributed by atoms with Gasteiger partial charge in [-0.2, -0.15) is 0 Å². The molecule has 1 aliphatic rings. The van der Waals surface area contributed by atoms with Gasteiger partial charge in [0.2, 0.25) is 0 Å². The van der Waals surface area contributed by atoms with E-state index in [1.807, 2.05) is 73.7 Å². The van der Waals surface area contributed by atoms with Gasteiger partial charge in [-0.1, -0.05) is 96.8 Å². The predicted octanol–water partition coefficient (Wildman–Crippen LogP) is 6.07. The number of benzene rings is 3. The Morgan fingerprint density at radius 1 is 0.828 bits per heavy atom. The summed E-state index contributed by atoms with van der Waals surface area (Å²) in [6.07, 6.45) is 6.73. The van der Waals surface area contributed by atoms with Crippen molar-refractivity contribution in [3.8, 4) is 11.8 Å². The number of fused-ring (bicyclic) bond motifs is 1. The quantitative estimate of drug-likeness (QED) is 0.509. The Kier molecular flexibility index (Phi) is 5.27. The Bertz CT molecular complexity index is 1140. The minimum atomic E-state index is -0.628. The molecule has 0 radical (unpaired) electrons. The van der Waals surface area contributed by atoms with Crippen LogP contribution in [0.1, 0.15) is 35.6 Å². The van der Waals surface area contributed by atoms with E-state index < -0.39 is 5.41 Å². The maximum atomic E-state index is 13.5. The molecule has 1 nitrogen and oxygen atoms in total. The Labute approximate surface area is 172 Å². The van der Waals surface area contributed by atoms with E-state index in [4.69, 9.17) is 0 Å². The van der Waals surface area contributed by atoms with Crippen molar-refractivity contribution in [2.24, 2.45) is 0 Å². The van der Waals surface area contributed by atoms with Crippen molar-refractivity contribution in [2.75, 3.05) is 0 Å². The van der Waals surface area contributed by atoms with Crippen LogP contribution in [0.4, 0.5) is 0 Å². The second-order valence-electron chi connectivity index (χ2n) is 7.44. The molecule has 0 spiro atoms. The monoisotopic (exact) mass is 374 g/mol. The van der Waals surface area contributed by atoms with E-state index in [9.17, 15) is 4.79 Å². The maximum Gasteiger partial charge on any atom is 0.181 e. The highest BCUT2D eigenvalue weighted by Gasteiger charge is 2.39. The van der Waals surface area contributed by atoms with Crippen molar-refractivity contribution in [3.63, 3.8) is 0 Å². The fourth-order valence-corrected chi connectivity index (χ4v) is 3.72. The molecule has 140 valence electrons. The van der Waals surface area contributed by atoms with E-state index in [1.54, 1.807) is 0 Å². The van der Waals surface area contributed by atoms with Gasteiger partial charge in [0, 0.05) is 5.56 Å². The maximum absolute atomic E-state index is 13.5. The van der Waals surface area contributed by atoms with Gasteiger partial charge in [-0.3, -0.25) is 4.79 Å². The number of carbonyl (C=O) groups excluding carboxylic acids is 1. The molecule has 1 heteroatoms. The highest BCUT2D eigenvalue weighted by atomic mass is 16.1. The molecule has 0 aromatic heterocycles. The molecule has 29 heavy (non-hydrogen) atoms. The standard InChI is InChI=1S/C28H22O/c1-28(20-10-15-22-11-4-2-5-12-22)26-17-9-8-16-24(26)21-25(27(28)29)19-18-23-13-6-3-7-14-23/h2-17,21H,20H2,1H3/b15-10+/t28-/m0/s1. The van der Waals surface area contributed by atoms with Gasteiger partial charge in [0.25, 0.3) is 0 Å². The van der Waals surface area contributed by atoms with Gasteiger partial charge < -0.3 is 0 Å². The van der Waals surface area contributed by atoms with Crippen LogP contribution in [0, 0.1) is 11.8 Å². The number of hydrogen-bond acceptors (Lipinski definition) is 1. The smallest absolute Gasteiger partial charge is 0.181 e. The summed E-state index contributed by atoms with van der Waals surface area (Å²) in [4.78, 5) is 13.5. The van der Waals surface area contributed by atoms with Crippen LogP contribution in [-0.4, -0.2) is 5.78 Å². The zero-order valence-corrected chi connectivity index (χ0v) is 16.4. The molecule has 0 saturated carbocycles. The molecule has 0 saturated heterocycles. The summed E-state index contributed by atoms with van der Waals surface area (Å²) in [5.41, 5.74) is 4.12. The Morgan fingerprint density at radius 3 is 2.24 bits per heavy atom. The fourth-order valence-electron chi connectivity index (χ4n) is 3.72. The number of carbonyl (C=O) groups is 1. The second kappa shape index (κ2) is 8.17. The molecule has 0 heterocycles. The van der Waals surface area contributed by atoms with E-state index in [1.165, 1.54) is 0 Å². The zero-order chi connectivity index (χ0) is 20.1. The SMILES string of the molecule is C[C@@]1(C/C=C/c2ccccc2)C(=O)C(C#Cc2ccccc2)=Cc2ccccc21. The minimum Gasteiger partial charge on any atom is -0.292 e. The average Bonchev–Trinajstić information content (AvgIpc) is 2.77. The van der Waals surface area contributed by atoms with E-state index in [0.29, 0.717) is 12.0 Å². The van der Waals surface area contributed by atoms with Gasteiger partial charge in [-0.25, -0.2) is 0 Å². The zero-order valence-electron chi connectivity index (χ0n) is 16.4. The average molecular weight is 374 g/mol. The van der Waals surface area contributed by atoms with Crippen LogP contribution < -0.4 is 0 Å². The van der Waals surface area contributed by atoms with E-state index >= 15 is 0 Å². The molecular formula is C28H22O. The van der Waals surface area contributed by atoms with Crippen molar-refractivity contribution in [1.82, 2.24) is 0 Å². The summed E-state index contributed by atoms with van der Waals surface area (Å²) in [5, 5.41) is 0. The third-order valence-corrected chi connectivity index (χ3v) is 5.35. The van der Waals surface area contributed by atoms with Gasteiger partial charge in [-0.05, 0) is 48.2 Å². The lowest BCUT2D eigenvalue weighted by Gasteiger charge is -2.32. The number of allylic oxidation sites excluding steroid dienone is 2. The van der Waals surface area contributed by atoms with Crippen LogP contribution in [0.3, 0.4) is 0 Å². The predicted molar refractivity (Wildman–Crippen MR) is 120 cm³/mol. The third-order valence-electron chi connectivity index (χ3n) is 5.35. The molecule has 0 unspecified atom stereocenters. The van der Waals surface area contributed by atoms with Gasteiger partial charge in [0.1, 0.15) is 0 Å². The normalized spacial score (nSPS) is 18.0. The highest BCUT2D eigenvalue weighted by molar-refractivity contribution is 6.12. The molecule has 0 amide bonds. The van der Waals surface area contributed by atoms with E-state index in [0.717, 1.165) is 22.3 Å². The summed E-state index contributed by atoms with van der Waals surface area (Å²) in [6.45, 7) is 2.03. The lowest BCUT2D eigenvalue weighted by Crippen LogP contribution is -2.36. The molecule has 0 bridgehead atoms. The van der Waals surface area contributed by atoms with Crippen molar-refractivity contribution < 1.29 is 4.79 Å². The van der Waals surface area contributed by atoms with Crippen LogP contribution in [-0.2, 0) is 10.2 Å². The van der Waals surface area contributed by atoms with Crippen LogP contribution in [0.2, 0.25) is 0 Å². The van der Waals surface area contributed by atoms with E-state index in [-0.39, 0.29) is 5.78 Å². The summed E-state index contributed by atoms with van der Waals surface area (Å²) >= 11 is 0. The summed E-state index contributed by atoms with van der Waals surface area (Å²) in [7, 11) is 0. The van der Waals surface area contributed by atoms with Crippen molar-refractivity contribution in [1.29, 1.82) is 0 Å². The number of hydrogen-bond donors (Lipinski definition) is 0. The topological polar surface area (TPSA) is 17.1 Å². The Balaban J connectivity index is 1.68. The first-order chi connectivity index (χ1) is 14.2. The van der Waals surface area contributed by atoms with Gasteiger partial charge >= 0.3 is 0 Å². The third kappa shape index (κ3) is 3.98. The first-order valence-electron chi connectivity index (χ1n) is 9.81.